The molecular formula is C10H11ClF3N3O. The standard InChI is InChI=1S/C10H11ClF3N3O/c11-7-3-8(15-4-6(18)5-1-2-5)17-9(16-7)10(12,13)14/h3,5-6,18H,1-2,4H2,(H,15,16,17). The maximum Gasteiger partial charge on any atom is 0.451 e. The molecule has 1 aromatic rings. The van der Waals surface area contributed by atoms with Crippen LogP contribution in [0.2, 0.25) is 5.15 Å². The second-order valence-corrected chi connectivity index (χ2v) is 4.57. The van der Waals surface area contributed by atoms with Crippen LogP contribution in [0.5, 0.6) is 0 Å². The third kappa shape index (κ3) is 3.46. The molecule has 0 aliphatic heterocycles. The second kappa shape index (κ2) is 4.89. The number of rotatable bonds is 4. The van der Waals surface area contributed by atoms with Gasteiger partial charge in [-0.1, -0.05) is 11.6 Å². The van der Waals surface area contributed by atoms with E-state index < -0.39 is 18.1 Å². The number of aromatic nitrogens is 2. The molecule has 1 heterocycles. The highest BCUT2D eigenvalue weighted by Crippen LogP contribution is 2.33. The van der Waals surface area contributed by atoms with Gasteiger partial charge in [-0.15, -0.1) is 0 Å². The van der Waals surface area contributed by atoms with Crippen molar-refractivity contribution in [2.24, 2.45) is 5.92 Å². The lowest BCUT2D eigenvalue weighted by molar-refractivity contribution is -0.144. The molecule has 0 spiro atoms. The van der Waals surface area contributed by atoms with E-state index in [9.17, 15) is 18.3 Å². The first-order valence-electron chi connectivity index (χ1n) is 5.40. The van der Waals surface area contributed by atoms with Gasteiger partial charge in [0.1, 0.15) is 11.0 Å². The van der Waals surface area contributed by atoms with Crippen molar-refractivity contribution < 1.29 is 18.3 Å². The summed E-state index contributed by atoms with van der Waals surface area (Å²) in [5.74, 6) is -1.10. The number of hydrogen-bond donors (Lipinski definition) is 2. The zero-order valence-electron chi connectivity index (χ0n) is 9.21. The molecule has 2 rings (SSSR count). The molecule has 1 aliphatic rings. The topological polar surface area (TPSA) is 58.0 Å². The van der Waals surface area contributed by atoms with Gasteiger partial charge in [0.25, 0.3) is 0 Å². The minimum absolute atomic E-state index is 0.0398. The molecule has 18 heavy (non-hydrogen) atoms. The molecule has 2 N–H and O–H groups in total. The number of aliphatic hydroxyl groups excluding tert-OH is 1. The largest absolute Gasteiger partial charge is 0.451 e. The summed E-state index contributed by atoms with van der Waals surface area (Å²) < 4.78 is 37.3. The van der Waals surface area contributed by atoms with Crippen molar-refractivity contribution >= 4 is 17.4 Å². The average Bonchev–Trinajstić information content (AvgIpc) is 3.07. The Kier molecular flexibility index (Phi) is 3.63. The van der Waals surface area contributed by atoms with Gasteiger partial charge >= 0.3 is 6.18 Å². The first kappa shape index (κ1) is 13.4. The fourth-order valence-electron chi connectivity index (χ4n) is 1.49. The Balaban J connectivity index is 2.05. The van der Waals surface area contributed by atoms with Gasteiger partial charge in [0.15, 0.2) is 0 Å². The Morgan fingerprint density at radius 3 is 2.67 bits per heavy atom. The molecule has 0 amide bonds. The second-order valence-electron chi connectivity index (χ2n) is 4.18. The number of aliphatic hydroxyl groups is 1. The molecule has 1 aromatic heterocycles. The normalized spacial score (nSPS) is 17.6. The lowest BCUT2D eigenvalue weighted by Gasteiger charge is -2.12. The molecule has 100 valence electrons. The van der Waals surface area contributed by atoms with Crippen LogP contribution in [0.1, 0.15) is 18.7 Å². The fourth-order valence-corrected chi connectivity index (χ4v) is 1.68. The van der Waals surface area contributed by atoms with Crippen LogP contribution in [0, 0.1) is 5.92 Å². The van der Waals surface area contributed by atoms with Gasteiger partial charge in [-0.3, -0.25) is 0 Å². The van der Waals surface area contributed by atoms with Crippen molar-refractivity contribution in [1.29, 1.82) is 0 Å². The molecule has 1 saturated carbocycles. The van der Waals surface area contributed by atoms with E-state index in [1.807, 2.05) is 0 Å². The molecule has 8 heteroatoms. The molecule has 4 nitrogen and oxygen atoms in total. The Bertz CT molecular complexity index is 437. The number of nitrogens with zero attached hydrogens (tertiary/aromatic N) is 2. The van der Waals surface area contributed by atoms with Crippen LogP contribution < -0.4 is 5.32 Å². The van der Waals surface area contributed by atoms with E-state index in [2.05, 4.69) is 15.3 Å². The van der Waals surface area contributed by atoms with E-state index in [0.717, 1.165) is 12.8 Å². The summed E-state index contributed by atoms with van der Waals surface area (Å²) in [7, 11) is 0. The highest BCUT2D eigenvalue weighted by molar-refractivity contribution is 6.29. The fraction of sp³-hybridized carbons (Fsp3) is 0.600. The van der Waals surface area contributed by atoms with Gasteiger partial charge in [-0.2, -0.15) is 13.2 Å². The van der Waals surface area contributed by atoms with Gasteiger partial charge in [0.2, 0.25) is 5.82 Å². The molecule has 0 saturated heterocycles. The van der Waals surface area contributed by atoms with Crippen LogP contribution in [-0.2, 0) is 6.18 Å². The van der Waals surface area contributed by atoms with E-state index in [1.54, 1.807) is 0 Å². The number of alkyl halides is 3. The molecule has 0 aromatic carbocycles. The van der Waals surface area contributed by atoms with Gasteiger partial charge in [-0.05, 0) is 18.8 Å². The predicted octanol–water partition coefficient (Wildman–Crippen LogP) is 2.33. The molecular weight excluding hydrogens is 271 g/mol. The van der Waals surface area contributed by atoms with Gasteiger partial charge in [0.05, 0.1) is 6.10 Å². The Morgan fingerprint density at radius 1 is 1.44 bits per heavy atom. The zero-order valence-corrected chi connectivity index (χ0v) is 9.96. The monoisotopic (exact) mass is 281 g/mol. The summed E-state index contributed by atoms with van der Waals surface area (Å²) in [6.07, 6.45) is -3.33. The van der Waals surface area contributed by atoms with Crippen molar-refractivity contribution in [3.05, 3.63) is 17.0 Å². The molecule has 0 bridgehead atoms. The number of hydrogen-bond acceptors (Lipinski definition) is 4. The SMILES string of the molecule is OC(CNc1cc(Cl)nc(C(F)(F)F)n1)C1CC1. The maximum absolute atomic E-state index is 12.4. The summed E-state index contributed by atoms with van der Waals surface area (Å²) in [5.41, 5.74) is 0. The van der Waals surface area contributed by atoms with Crippen LogP contribution in [0.25, 0.3) is 0 Å². The van der Waals surface area contributed by atoms with Crippen molar-refractivity contribution in [1.82, 2.24) is 9.97 Å². The summed E-state index contributed by atoms with van der Waals surface area (Å²) in [6.45, 7) is 0.148. The lowest BCUT2D eigenvalue weighted by Crippen LogP contribution is -2.22. The van der Waals surface area contributed by atoms with Crippen molar-refractivity contribution in [2.75, 3.05) is 11.9 Å². The van der Waals surface area contributed by atoms with Crippen LogP contribution >= 0.6 is 11.6 Å². The molecule has 1 unspecified atom stereocenters. The summed E-state index contributed by atoms with van der Waals surface area (Å²) >= 11 is 5.49. The van der Waals surface area contributed by atoms with Crippen LogP contribution in [0.4, 0.5) is 19.0 Å². The Labute approximate surface area is 106 Å². The van der Waals surface area contributed by atoms with Gasteiger partial charge in [0, 0.05) is 12.6 Å². The Morgan fingerprint density at radius 2 is 2.11 bits per heavy atom. The number of anilines is 1. The summed E-state index contributed by atoms with van der Waals surface area (Å²) in [4.78, 5) is 6.42. The van der Waals surface area contributed by atoms with E-state index in [4.69, 9.17) is 11.6 Å². The van der Waals surface area contributed by atoms with E-state index >= 15 is 0 Å². The predicted molar refractivity (Wildman–Crippen MR) is 59.3 cm³/mol. The van der Waals surface area contributed by atoms with E-state index in [-0.39, 0.29) is 23.4 Å². The minimum Gasteiger partial charge on any atom is -0.391 e. The minimum atomic E-state index is -4.64. The first-order chi connectivity index (χ1) is 8.36. The van der Waals surface area contributed by atoms with Crippen molar-refractivity contribution in [3.63, 3.8) is 0 Å². The third-order valence-corrected chi connectivity index (χ3v) is 2.80. The molecule has 0 radical (unpaired) electrons. The van der Waals surface area contributed by atoms with Gasteiger partial charge < -0.3 is 10.4 Å². The smallest absolute Gasteiger partial charge is 0.391 e. The van der Waals surface area contributed by atoms with E-state index in [1.165, 1.54) is 6.07 Å². The highest BCUT2D eigenvalue weighted by Gasteiger charge is 2.35. The maximum atomic E-state index is 12.4. The first-order valence-corrected chi connectivity index (χ1v) is 5.78. The van der Waals surface area contributed by atoms with Crippen LogP contribution in [-0.4, -0.2) is 27.7 Å². The summed E-state index contributed by atoms with van der Waals surface area (Å²) in [5, 5.41) is 11.9. The molecule has 1 fully saturated rings. The van der Waals surface area contributed by atoms with Gasteiger partial charge in [-0.25, -0.2) is 9.97 Å². The number of halogens is 4. The van der Waals surface area contributed by atoms with E-state index in [0.29, 0.717) is 0 Å². The average molecular weight is 282 g/mol. The zero-order chi connectivity index (χ0) is 13.3. The van der Waals surface area contributed by atoms with Crippen LogP contribution in [0.15, 0.2) is 6.07 Å². The number of nitrogens with one attached hydrogen (secondary N) is 1. The van der Waals surface area contributed by atoms with Crippen molar-refractivity contribution in [3.8, 4) is 0 Å². The quantitative estimate of drug-likeness (QED) is 0.832. The molecule has 1 atom stereocenters. The molecule has 1 aliphatic carbocycles. The lowest BCUT2D eigenvalue weighted by atomic mass is 10.2. The van der Waals surface area contributed by atoms with Crippen molar-refractivity contribution in [2.45, 2.75) is 25.1 Å². The Hall–Kier alpha value is -1.08. The van der Waals surface area contributed by atoms with Crippen LogP contribution in [0.3, 0.4) is 0 Å². The summed E-state index contributed by atoms with van der Waals surface area (Å²) in [6, 6.07) is 1.19. The highest BCUT2D eigenvalue weighted by atomic mass is 35.5. The third-order valence-electron chi connectivity index (χ3n) is 2.61.